The molecule has 1 heterocycles. The summed E-state index contributed by atoms with van der Waals surface area (Å²) in [6.07, 6.45) is 0. The Morgan fingerprint density at radius 3 is 2.56 bits per heavy atom. The molecule has 2 aromatic rings. The van der Waals surface area contributed by atoms with Gasteiger partial charge in [0.1, 0.15) is 0 Å². The second-order valence-electron chi connectivity index (χ2n) is 3.62. The van der Waals surface area contributed by atoms with E-state index in [4.69, 9.17) is 28.9 Å². The molecule has 5 heteroatoms. The lowest BCUT2D eigenvalue weighted by Gasteiger charge is -2.10. The van der Waals surface area contributed by atoms with Gasteiger partial charge < -0.3 is 5.73 Å². The van der Waals surface area contributed by atoms with E-state index in [0.717, 1.165) is 11.3 Å². The molecule has 16 heavy (non-hydrogen) atoms. The van der Waals surface area contributed by atoms with Crippen molar-refractivity contribution < 1.29 is 4.39 Å². The number of fused-ring (bicyclic) bond motifs is 1. The van der Waals surface area contributed by atoms with Crippen molar-refractivity contribution in [2.45, 2.75) is 13.8 Å². The Balaban J connectivity index is 3.03. The van der Waals surface area contributed by atoms with E-state index in [2.05, 4.69) is 4.98 Å². The lowest BCUT2D eigenvalue weighted by Crippen LogP contribution is -1.99. The number of benzene rings is 1. The first-order chi connectivity index (χ1) is 7.43. The number of aromatic nitrogens is 1. The highest BCUT2D eigenvalue weighted by molar-refractivity contribution is 6.39. The van der Waals surface area contributed by atoms with Crippen LogP contribution < -0.4 is 5.73 Å². The van der Waals surface area contributed by atoms with Crippen LogP contribution in [0.4, 0.5) is 10.1 Å². The van der Waals surface area contributed by atoms with Crippen LogP contribution in [0.2, 0.25) is 10.0 Å². The Hall–Kier alpha value is -1.06. The normalized spacial score (nSPS) is 11.1. The Morgan fingerprint density at radius 1 is 1.31 bits per heavy atom. The molecule has 0 saturated heterocycles. The number of anilines is 1. The molecule has 0 radical (unpaired) electrons. The van der Waals surface area contributed by atoms with Crippen molar-refractivity contribution in [3.63, 3.8) is 0 Å². The van der Waals surface area contributed by atoms with Gasteiger partial charge in [-0.05, 0) is 25.5 Å². The van der Waals surface area contributed by atoms with Gasteiger partial charge in [0.25, 0.3) is 0 Å². The van der Waals surface area contributed by atoms with Gasteiger partial charge in [-0.25, -0.2) is 4.39 Å². The molecular formula is C11H9Cl2FN2. The van der Waals surface area contributed by atoms with Crippen molar-refractivity contribution in [1.82, 2.24) is 4.98 Å². The molecule has 0 spiro atoms. The van der Waals surface area contributed by atoms with Gasteiger partial charge in [-0.1, -0.05) is 23.2 Å². The maximum absolute atomic E-state index is 13.5. The van der Waals surface area contributed by atoms with Gasteiger partial charge in [0.2, 0.25) is 0 Å². The third-order valence-electron chi connectivity index (χ3n) is 2.65. The first-order valence-electron chi connectivity index (χ1n) is 4.63. The van der Waals surface area contributed by atoms with Gasteiger partial charge in [0, 0.05) is 16.8 Å². The zero-order valence-electron chi connectivity index (χ0n) is 8.74. The van der Waals surface area contributed by atoms with Crippen molar-refractivity contribution in [3.05, 3.63) is 33.2 Å². The van der Waals surface area contributed by atoms with Crippen molar-refractivity contribution >= 4 is 39.8 Å². The molecule has 2 rings (SSSR count). The third-order valence-corrected chi connectivity index (χ3v) is 3.28. The van der Waals surface area contributed by atoms with E-state index in [1.54, 1.807) is 0 Å². The molecule has 0 aliphatic heterocycles. The van der Waals surface area contributed by atoms with E-state index in [0.29, 0.717) is 16.6 Å². The fourth-order valence-corrected chi connectivity index (χ4v) is 2.12. The molecule has 0 unspecified atom stereocenters. The number of hydrogen-bond donors (Lipinski definition) is 1. The summed E-state index contributed by atoms with van der Waals surface area (Å²) in [7, 11) is 0. The summed E-state index contributed by atoms with van der Waals surface area (Å²) in [6.45, 7) is 3.65. The Labute approximate surface area is 102 Å². The highest BCUT2D eigenvalue weighted by atomic mass is 35.5. The highest BCUT2D eigenvalue weighted by Gasteiger charge is 2.15. The molecule has 0 bridgehead atoms. The summed E-state index contributed by atoms with van der Waals surface area (Å²) in [5.41, 5.74) is 8.45. The number of aryl methyl sites for hydroxylation is 1. The van der Waals surface area contributed by atoms with E-state index < -0.39 is 5.82 Å². The zero-order valence-corrected chi connectivity index (χ0v) is 10.2. The number of nitrogens with two attached hydrogens (primary N) is 1. The number of halogens is 3. The smallest absolute Gasteiger partial charge is 0.161 e. The first-order valence-corrected chi connectivity index (χ1v) is 5.39. The highest BCUT2D eigenvalue weighted by Crippen LogP contribution is 2.36. The molecule has 0 amide bonds. The molecule has 1 aromatic heterocycles. The topological polar surface area (TPSA) is 38.9 Å². The summed E-state index contributed by atoms with van der Waals surface area (Å²) in [6, 6.07) is 1.43. The maximum Gasteiger partial charge on any atom is 0.161 e. The van der Waals surface area contributed by atoms with Gasteiger partial charge in [0.15, 0.2) is 5.82 Å². The van der Waals surface area contributed by atoms with Crippen LogP contribution in [0.25, 0.3) is 10.9 Å². The van der Waals surface area contributed by atoms with Crippen LogP contribution in [0.15, 0.2) is 6.07 Å². The molecule has 2 N–H and O–H groups in total. The molecule has 0 aliphatic carbocycles. The van der Waals surface area contributed by atoms with Crippen molar-refractivity contribution in [1.29, 1.82) is 0 Å². The molecule has 0 saturated carbocycles. The van der Waals surface area contributed by atoms with Gasteiger partial charge in [-0.3, -0.25) is 4.98 Å². The van der Waals surface area contributed by atoms with Crippen LogP contribution in [-0.2, 0) is 0 Å². The minimum Gasteiger partial charge on any atom is -0.398 e. The number of nitrogens with zero attached hydrogens (tertiary/aromatic N) is 1. The third kappa shape index (κ3) is 1.51. The number of nitrogen functional groups attached to an aromatic ring is 1. The monoisotopic (exact) mass is 258 g/mol. The second-order valence-corrected chi connectivity index (χ2v) is 4.40. The summed E-state index contributed by atoms with van der Waals surface area (Å²) in [5, 5.41) is 0.301. The predicted molar refractivity (Wildman–Crippen MR) is 65.6 cm³/mol. The fourth-order valence-electron chi connectivity index (χ4n) is 1.57. The lowest BCUT2D eigenvalue weighted by atomic mass is 10.1. The van der Waals surface area contributed by atoms with Gasteiger partial charge in [-0.15, -0.1) is 0 Å². The Morgan fingerprint density at radius 2 is 1.94 bits per heavy atom. The summed E-state index contributed by atoms with van der Waals surface area (Å²) in [4.78, 5) is 4.28. The van der Waals surface area contributed by atoms with Crippen molar-refractivity contribution in [2.75, 3.05) is 5.73 Å². The van der Waals surface area contributed by atoms with Crippen LogP contribution in [-0.4, -0.2) is 4.98 Å². The van der Waals surface area contributed by atoms with E-state index in [1.807, 2.05) is 13.8 Å². The summed E-state index contributed by atoms with van der Waals surface area (Å²) in [5.74, 6) is -0.660. The Kier molecular flexibility index (Phi) is 2.68. The van der Waals surface area contributed by atoms with Crippen LogP contribution in [0.1, 0.15) is 11.3 Å². The lowest BCUT2D eigenvalue weighted by molar-refractivity contribution is 0.630. The van der Waals surface area contributed by atoms with Crippen molar-refractivity contribution in [3.8, 4) is 0 Å². The van der Waals surface area contributed by atoms with Gasteiger partial charge >= 0.3 is 0 Å². The predicted octanol–water partition coefficient (Wildman–Crippen LogP) is 3.88. The minimum atomic E-state index is -0.660. The molecule has 2 nitrogen and oxygen atoms in total. The average molecular weight is 259 g/mol. The average Bonchev–Trinajstić information content (AvgIpc) is 2.23. The molecule has 1 aromatic carbocycles. The Bertz CT molecular complexity index is 548. The summed E-state index contributed by atoms with van der Waals surface area (Å²) >= 11 is 11.6. The molecule has 0 fully saturated rings. The molecule has 0 atom stereocenters. The van der Waals surface area contributed by atoms with Crippen molar-refractivity contribution in [2.24, 2.45) is 0 Å². The van der Waals surface area contributed by atoms with Gasteiger partial charge in [-0.2, -0.15) is 0 Å². The molecule has 84 valence electrons. The largest absolute Gasteiger partial charge is 0.398 e. The number of rotatable bonds is 0. The van der Waals surface area contributed by atoms with E-state index in [9.17, 15) is 4.39 Å². The van der Waals surface area contributed by atoms with E-state index in [1.165, 1.54) is 6.07 Å². The SMILES string of the molecule is Cc1nc2cc(Cl)c(F)c(Cl)c2c(N)c1C. The quantitative estimate of drug-likeness (QED) is 0.729. The van der Waals surface area contributed by atoms with Crippen LogP contribution in [0, 0.1) is 19.7 Å². The van der Waals surface area contributed by atoms with E-state index >= 15 is 0 Å². The van der Waals surface area contributed by atoms with E-state index in [-0.39, 0.29) is 10.0 Å². The first kappa shape index (κ1) is 11.4. The fraction of sp³-hybridized carbons (Fsp3) is 0.182. The summed E-state index contributed by atoms with van der Waals surface area (Å²) < 4.78 is 13.5. The van der Waals surface area contributed by atoms with Gasteiger partial charge in [0.05, 0.1) is 15.6 Å². The molecular weight excluding hydrogens is 250 g/mol. The van der Waals surface area contributed by atoms with Crippen LogP contribution in [0.3, 0.4) is 0 Å². The molecule has 0 aliphatic rings. The zero-order chi connectivity index (χ0) is 12.0. The number of pyridine rings is 1. The van der Waals surface area contributed by atoms with Crippen LogP contribution >= 0.6 is 23.2 Å². The standard InChI is InChI=1S/C11H9Cl2FN2/c1-4-5(2)16-7-3-6(12)10(14)9(13)8(7)11(4)15/h3H,1-2H3,(H2,15,16). The van der Waals surface area contributed by atoms with Crippen LogP contribution in [0.5, 0.6) is 0 Å². The maximum atomic E-state index is 13.5. The number of hydrogen-bond acceptors (Lipinski definition) is 2. The second kappa shape index (κ2) is 3.75. The minimum absolute atomic E-state index is 0.0485.